The van der Waals surface area contributed by atoms with Gasteiger partial charge in [0.15, 0.2) is 0 Å². The predicted molar refractivity (Wildman–Crippen MR) is 78.8 cm³/mol. The lowest BCUT2D eigenvalue weighted by atomic mass is 9.83. The van der Waals surface area contributed by atoms with Crippen molar-refractivity contribution in [1.82, 2.24) is 5.32 Å². The minimum absolute atomic E-state index is 0.113. The van der Waals surface area contributed by atoms with Gasteiger partial charge in [-0.2, -0.15) is 0 Å². The summed E-state index contributed by atoms with van der Waals surface area (Å²) in [6, 6.07) is 0. The van der Waals surface area contributed by atoms with Crippen molar-refractivity contribution in [2.24, 2.45) is 11.3 Å². The number of aliphatic hydroxyl groups is 1. The number of rotatable bonds is 7. The summed E-state index contributed by atoms with van der Waals surface area (Å²) in [6.45, 7) is 6.83. The van der Waals surface area contributed by atoms with Gasteiger partial charge in [0.2, 0.25) is 0 Å². The van der Waals surface area contributed by atoms with Gasteiger partial charge in [-0.15, -0.1) is 0 Å². The summed E-state index contributed by atoms with van der Waals surface area (Å²) in [5.74, 6) is 0.871. The molecule has 0 aromatic rings. The zero-order chi connectivity index (χ0) is 13.3. The first-order valence-corrected chi connectivity index (χ1v) is 8.08. The van der Waals surface area contributed by atoms with Gasteiger partial charge < -0.3 is 10.4 Å². The average molecular weight is 255 g/mol. The fraction of sp³-hybridized carbons (Fsp3) is 1.00. The molecule has 1 fully saturated rings. The molecule has 1 aliphatic carbocycles. The molecule has 0 radical (unpaired) electrons. The van der Waals surface area contributed by atoms with E-state index in [0.29, 0.717) is 6.61 Å². The van der Waals surface area contributed by atoms with Gasteiger partial charge in [0.1, 0.15) is 0 Å². The summed E-state index contributed by atoms with van der Waals surface area (Å²) < 4.78 is 0. The summed E-state index contributed by atoms with van der Waals surface area (Å²) in [6.07, 6.45) is 12.1. The van der Waals surface area contributed by atoms with E-state index in [2.05, 4.69) is 19.2 Å². The molecular weight excluding hydrogens is 222 g/mol. The second-order valence-corrected chi connectivity index (χ2v) is 6.21. The Balaban J connectivity index is 2.25. The second-order valence-electron chi connectivity index (χ2n) is 6.21. The van der Waals surface area contributed by atoms with Gasteiger partial charge in [-0.05, 0) is 38.1 Å². The summed E-state index contributed by atoms with van der Waals surface area (Å²) in [4.78, 5) is 0. The van der Waals surface area contributed by atoms with Crippen molar-refractivity contribution in [2.75, 3.05) is 19.7 Å². The average Bonchev–Trinajstić information content (AvgIpc) is 2.37. The van der Waals surface area contributed by atoms with E-state index >= 15 is 0 Å². The number of nitrogens with one attached hydrogen (secondary N) is 1. The van der Waals surface area contributed by atoms with Crippen LogP contribution in [0.1, 0.15) is 71.6 Å². The van der Waals surface area contributed by atoms with Gasteiger partial charge in [-0.25, -0.2) is 0 Å². The first-order chi connectivity index (χ1) is 8.76. The Labute approximate surface area is 114 Å². The minimum Gasteiger partial charge on any atom is -0.396 e. The van der Waals surface area contributed by atoms with Crippen LogP contribution >= 0.6 is 0 Å². The largest absolute Gasteiger partial charge is 0.396 e. The topological polar surface area (TPSA) is 32.3 Å². The standard InChI is InChI=1S/C16H33NO/c1-3-16(4-2,14-18)13-17-12-15-10-8-6-5-7-9-11-15/h15,17-18H,3-14H2,1-2H3. The summed E-state index contributed by atoms with van der Waals surface area (Å²) >= 11 is 0. The van der Waals surface area contributed by atoms with Crippen molar-refractivity contribution < 1.29 is 5.11 Å². The maximum Gasteiger partial charge on any atom is 0.0499 e. The molecule has 1 saturated carbocycles. The van der Waals surface area contributed by atoms with Gasteiger partial charge in [-0.3, -0.25) is 0 Å². The molecule has 0 heterocycles. The van der Waals surface area contributed by atoms with Crippen LogP contribution in [-0.2, 0) is 0 Å². The highest BCUT2D eigenvalue weighted by atomic mass is 16.3. The molecule has 0 bridgehead atoms. The number of hydrogen-bond acceptors (Lipinski definition) is 2. The van der Waals surface area contributed by atoms with Crippen molar-refractivity contribution in [2.45, 2.75) is 71.6 Å². The molecule has 2 heteroatoms. The Morgan fingerprint density at radius 1 is 1.00 bits per heavy atom. The quantitative estimate of drug-likeness (QED) is 0.726. The molecule has 0 spiro atoms. The van der Waals surface area contributed by atoms with Crippen molar-refractivity contribution >= 4 is 0 Å². The molecule has 0 aromatic carbocycles. The molecule has 1 aliphatic rings. The molecule has 0 unspecified atom stereocenters. The van der Waals surface area contributed by atoms with Crippen LogP contribution in [0, 0.1) is 11.3 Å². The van der Waals surface area contributed by atoms with Gasteiger partial charge in [-0.1, -0.05) is 46.0 Å². The zero-order valence-corrected chi connectivity index (χ0v) is 12.5. The maximum absolute atomic E-state index is 9.56. The van der Waals surface area contributed by atoms with E-state index in [4.69, 9.17) is 0 Å². The smallest absolute Gasteiger partial charge is 0.0499 e. The summed E-state index contributed by atoms with van der Waals surface area (Å²) in [5, 5.41) is 13.2. The lowest BCUT2D eigenvalue weighted by molar-refractivity contribution is 0.111. The van der Waals surface area contributed by atoms with Crippen molar-refractivity contribution in [3.8, 4) is 0 Å². The summed E-state index contributed by atoms with van der Waals surface area (Å²) in [7, 11) is 0. The third-order valence-corrected chi connectivity index (χ3v) is 4.99. The van der Waals surface area contributed by atoms with E-state index in [9.17, 15) is 5.11 Å². The molecule has 18 heavy (non-hydrogen) atoms. The molecule has 0 aliphatic heterocycles. The Hall–Kier alpha value is -0.0800. The molecule has 0 atom stereocenters. The fourth-order valence-corrected chi connectivity index (χ4v) is 3.07. The molecule has 0 aromatic heterocycles. The SMILES string of the molecule is CCC(CC)(CO)CNCC1CCCCCCC1. The van der Waals surface area contributed by atoms with Gasteiger partial charge in [0.25, 0.3) is 0 Å². The first kappa shape index (κ1) is 16.0. The van der Waals surface area contributed by atoms with E-state index in [1.165, 1.54) is 44.9 Å². The Kier molecular flexibility index (Phi) is 7.92. The van der Waals surface area contributed by atoms with Crippen LogP contribution in [0.15, 0.2) is 0 Å². The minimum atomic E-state index is 0.113. The van der Waals surface area contributed by atoms with Crippen LogP contribution in [0.5, 0.6) is 0 Å². The van der Waals surface area contributed by atoms with Crippen LogP contribution in [-0.4, -0.2) is 24.8 Å². The number of aliphatic hydroxyl groups excluding tert-OH is 1. The highest BCUT2D eigenvalue weighted by molar-refractivity contribution is 4.79. The highest BCUT2D eigenvalue weighted by Crippen LogP contribution is 2.25. The Bertz CT molecular complexity index is 185. The van der Waals surface area contributed by atoms with Crippen LogP contribution in [0.3, 0.4) is 0 Å². The highest BCUT2D eigenvalue weighted by Gasteiger charge is 2.25. The predicted octanol–water partition coefficient (Wildman–Crippen LogP) is 3.74. The van der Waals surface area contributed by atoms with E-state index < -0.39 is 0 Å². The fourth-order valence-electron chi connectivity index (χ4n) is 3.07. The monoisotopic (exact) mass is 255 g/mol. The van der Waals surface area contributed by atoms with E-state index in [1.807, 2.05) is 0 Å². The van der Waals surface area contributed by atoms with E-state index in [0.717, 1.165) is 31.8 Å². The second kappa shape index (κ2) is 8.92. The van der Waals surface area contributed by atoms with Crippen LogP contribution in [0.2, 0.25) is 0 Å². The van der Waals surface area contributed by atoms with Crippen molar-refractivity contribution in [1.29, 1.82) is 0 Å². The molecule has 2 nitrogen and oxygen atoms in total. The molecule has 0 amide bonds. The third-order valence-electron chi connectivity index (χ3n) is 4.99. The zero-order valence-electron chi connectivity index (χ0n) is 12.5. The van der Waals surface area contributed by atoms with Gasteiger partial charge >= 0.3 is 0 Å². The molecule has 0 saturated heterocycles. The number of hydrogen-bond donors (Lipinski definition) is 2. The van der Waals surface area contributed by atoms with Gasteiger partial charge in [0.05, 0.1) is 0 Å². The van der Waals surface area contributed by atoms with Crippen LogP contribution < -0.4 is 5.32 Å². The third kappa shape index (κ3) is 5.27. The molecule has 2 N–H and O–H groups in total. The molecule has 108 valence electrons. The van der Waals surface area contributed by atoms with E-state index in [1.54, 1.807) is 0 Å². The van der Waals surface area contributed by atoms with Crippen LogP contribution in [0.25, 0.3) is 0 Å². The molecular formula is C16H33NO. The lowest BCUT2D eigenvalue weighted by Crippen LogP contribution is -2.38. The summed E-state index contributed by atoms with van der Waals surface area (Å²) in [5.41, 5.74) is 0.113. The lowest BCUT2D eigenvalue weighted by Gasteiger charge is -2.31. The maximum atomic E-state index is 9.56. The van der Waals surface area contributed by atoms with Crippen molar-refractivity contribution in [3.05, 3.63) is 0 Å². The van der Waals surface area contributed by atoms with Crippen LogP contribution in [0.4, 0.5) is 0 Å². The van der Waals surface area contributed by atoms with Gasteiger partial charge in [0, 0.05) is 18.6 Å². The normalized spacial score (nSPS) is 19.5. The Morgan fingerprint density at radius 2 is 1.56 bits per heavy atom. The van der Waals surface area contributed by atoms with Crippen molar-refractivity contribution in [3.63, 3.8) is 0 Å². The van der Waals surface area contributed by atoms with E-state index in [-0.39, 0.29) is 5.41 Å². The Morgan fingerprint density at radius 3 is 2.06 bits per heavy atom. The molecule has 1 rings (SSSR count). The first-order valence-electron chi connectivity index (χ1n) is 8.08.